The number of benzene rings is 3. The summed E-state index contributed by atoms with van der Waals surface area (Å²) in [5.41, 5.74) is 10.9. The summed E-state index contributed by atoms with van der Waals surface area (Å²) in [5, 5.41) is 4.13. The zero-order valence-corrected chi connectivity index (χ0v) is 19.2. The summed E-state index contributed by atoms with van der Waals surface area (Å²) in [6.07, 6.45) is -1.86. The van der Waals surface area contributed by atoms with E-state index in [0.717, 1.165) is 16.0 Å². The molecule has 0 amide bonds. The Bertz CT molecular complexity index is 1100. The van der Waals surface area contributed by atoms with Crippen molar-refractivity contribution >= 4 is 11.8 Å². The lowest BCUT2D eigenvalue weighted by Gasteiger charge is -2.48. The summed E-state index contributed by atoms with van der Waals surface area (Å²) in [5.74, 6) is 0. The molecule has 0 aromatic heterocycles. The number of ether oxygens (including phenoxy) is 4. The molecule has 7 nitrogen and oxygen atoms in total. The fourth-order valence-corrected chi connectivity index (χ4v) is 5.34. The summed E-state index contributed by atoms with van der Waals surface area (Å²) >= 11 is 1.51. The molecule has 0 spiro atoms. The maximum absolute atomic E-state index is 9.40. The van der Waals surface area contributed by atoms with Crippen LogP contribution >= 0.6 is 11.8 Å². The van der Waals surface area contributed by atoms with E-state index >= 15 is 0 Å². The summed E-state index contributed by atoms with van der Waals surface area (Å²) < 4.78 is 25.2. The summed E-state index contributed by atoms with van der Waals surface area (Å²) in [6, 6.07) is 29.0. The van der Waals surface area contributed by atoms with Crippen LogP contribution in [0.4, 0.5) is 0 Å². The highest BCUT2D eigenvalue weighted by Gasteiger charge is 2.50. The van der Waals surface area contributed by atoms with E-state index in [0.29, 0.717) is 13.2 Å². The van der Waals surface area contributed by atoms with Gasteiger partial charge < -0.3 is 18.9 Å². The van der Waals surface area contributed by atoms with Gasteiger partial charge in [0.2, 0.25) is 0 Å². The molecule has 0 bridgehead atoms. The van der Waals surface area contributed by atoms with Gasteiger partial charge in [0.1, 0.15) is 23.7 Å². The molecule has 174 valence electrons. The molecule has 34 heavy (non-hydrogen) atoms. The van der Waals surface area contributed by atoms with Crippen LogP contribution < -0.4 is 0 Å². The zero-order chi connectivity index (χ0) is 23.2. The maximum atomic E-state index is 9.40. The number of hydrogen-bond acceptors (Lipinski definition) is 6. The van der Waals surface area contributed by atoms with E-state index < -0.39 is 30.0 Å². The lowest BCUT2D eigenvalue weighted by Crippen LogP contribution is -2.61. The van der Waals surface area contributed by atoms with E-state index in [2.05, 4.69) is 10.0 Å². The fraction of sp³-hybridized carbons (Fsp3) is 0.308. The minimum Gasteiger partial charge on any atom is -0.370 e. The molecule has 0 aliphatic carbocycles. The Balaban J connectivity index is 1.43. The molecule has 5 rings (SSSR count). The van der Waals surface area contributed by atoms with Crippen LogP contribution in [0, 0.1) is 0 Å². The highest BCUT2D eigenvalue weighted by Crippen LogP contribution is 2.41. The number of azide groups is 1. The fourth-order valence-electron chi connectivity index (χ4n) is 4.21. The van der Waals surface area contributed by atoms with E-state index in [4.69, 9.17) is 18.9 Å². The number of hydrogen-bond donors (Lipinski definition) is 0. The van der Waals surface area contributed by atoms with E-state index in [-0.39, 0.29) is 6.10 Å². The van der Waals surface area contributed by atoms with Crippen molar-refractivity contribution in [1.29, 1.82) is 0 Å². The van der Waals surface area contributed by atoms with Crippen molar-refractivity contribution in [1.82, 2.24) is 0 Å². The SMILES string of the molecule is [N-]=[N+]=N[C@H]1C(Sc2ccccc2)O[C@@H]2COC(c3ccccc3)O[C@H]2[C@@H]1OCc1ccccc1. The first-order valence-corrected chi connectivity index (χ1v) is 12.1. The standard InChI is InChI=1S/C26H25N3O4S/c27-29-28-22-24(30-16-18-10-4-1-5-11-18)23-21(32-26(22)34-20-14-8-3-9-15-20)17-31-25(33-23)19-12-6-2-7-13-19/h1-15,21-26H,16-17H2/t21-,22-,23-,24-,25?,26?/m1/s1. The third kappa shape index (κ3) is 5.28. The second-order valence-corrected chi connectivity index (χ2v) is 9.28. The number of nitrogens with zero attached hydrogens (tertiary/aromatic N) is 3. The third-order valence-corrected chi connectivity index (χ3v) is 7.01. The Labute approximate surface area is 202 Å². The van der Waals surface area contributed by atoms with Gasteiger partial charge in [-0.2, -0.15) is 0 Å². The average Bonchev–Trinajstić information content (AvgIpc) is 2.90. The van der Waals surface area contributed by atoms with Crippen molar-refractivity contribution in [3.8, 4) is 0 Å². The van der Waals surface area contributed by atoms with Gasteiger partial charge in [-0.3, -0.25) is 0 Å². The zero-order valence-electron chi connectivity index (χ0n) is 18.4. The lowest BCUT2D eigenvalue weighted by molar-refractivity contribution is -0.311. The van der Waals surface area contributed by atoms with Gasteiger partial charge in [0.05, 0.1) is 19.3 Å². The smallest absolute Gasteiger partial charge is 0.184 e. The molecule has 3 aromatic rings. The van der Waals surface area contributed by atoms with Gasteiger partial charge in [0.25, 0.3) is 0 Å². The molecule has 8 heteroatoms. The monoisotopic (exact) mass is 475 g/mol. The quantitative estimate of drug-likeness (QED) is 0.242. The molecule has 0 saturated carbocycles. The van der Waals surface area contributed by atoms with Gasteiger partial charge in [0, 0.05) is 15.4 Å². The summed E-state index contributed by atoms with van der Waals surface area (Å²) in [4.78, 5) is 4.16. The first kappa shape index (κ1) is 22.9. The Morgan fingerprint density at radius 1 is 0.912 bits per heavy atom. The van der Waals surface area contributed by atoms with Crippen LogP contribution in [-0.2, 0) is 25.6 Å². The second-order valence-electron chi connectivity index (χ2n) is 8.11. The summed E-state index contributed by atoms with van der Waals surface area (Å²) in [7, 11) is 0. The van der Waals surface area contributed by atoms with Crippen molar-refractivity contribution in [2.24, 2.45) is 5.11 Å². The molecule has 2 aliphatic rings. The minimum atomic E-state index is -0.588. The first-order valence-electron chi connectivity index (χ1n) is 11.2. The van der Waals surface area contributed by atoms with Crippen molar-refractivity contribution in [2.75, 3.05) is 6.61 Å². The molecule has 2 aliphatic heterocycles. The van der Waals surface area contributed by atoms with Crippen LogP contribution in [0.2, 0.25) is 0 Å². The Morgan fingerprint density at radius 3 is 2.29 bits per heavy atom. The molecule has 2 heterocycles. The molecule has 2 unspecified atom stereocenters. The highest BCUT2D eigenvalue weighted by atomic mass is 32.2. The number of thioether (sulfide) groups is 1. The van der Waals surface area contributed by atoms with Crippen LogP contribution in [0.1, 0.15) is 17.4 Å². The van der Waals surface area contributed by atoms with Gasteiger partial charge in [-0.25, -0.2) is 0 Å². The number of fused-ring (bicyclic) bond motifs is 1. The highest BCUT2D eigenvalue weighted by molar-refractivity contribution is 7.99. The predicted octanol–water partition coefficient (Wildman–Crippen LogP) is 5.88. The van der Waals surface area contributed by atoms with Crippen molar-refractivity contribution < 1.29 is 18.9 Å². The molecule has 0 N–H and O–H groups in total. The second kappa shape index (κ2) is 11.1. The van der Waals surface area contributed by atoms with Gasteiger partial charge >= 0.3 is 0 Å². The minimum absolute atomic E-state index is 0.351. The van der Waals surface area contributed by atoms with Gasteiger partial charge in [-0.15, -0.1) is 0 Å². The van der Waals surface area contributed by atoms with Crippen LogP contribution in [0.5, 0.6) is 0 Å². The largest absolute Gasteiger partial charge is 0.370 e. The van der Waals surface area contributed by atoms with Gasteiger partial charge in [-0.1, -0.05) is 95.7 Å². The number of rotatable bonds is 7. The van der Waals surface area contributed by atoms with Crippen molar-refractivity contribution in [3.63, 3.8) is 0 Å². The molecule has 3 aromatic carbocycles. The Kier molecular flexibility index (Phi) is 7.46. The molecule has 6 atom stereocenters. The average molecular weight is 476 g/mol. The third-order valence-electron chi connectivity index (χ3n) is 5.84. The van der Waals surface area contributed by atoms with Gasteiger partial charge in [-0.05, 0) is 23.2 Å². The first-order chi connectivity index (χ1) is 16.8. The van der Waals surface area contributed by atoms with E-state index in [9.17, 15) is 5.53 Å². The van der Waals surface area contributed by atoms with Crippen LogP contribution in [0.25, 0.3) is 10.4 Å². The van der Waals surface area contributed by atoms with Crippen LogP contribution in [0.15, 0.2) is 101 Å². The van der Waals surface area contributed by atoms with Crippen molar-refractivity contribution in [3.05, 3.63) is 113 Å². The predicted molar refractivity (Wildman–Crippen MR) is 129 cm³/mol. The molecule has 2 saturated heterocycles. The van der Waals surface area contributed by atoms with E-state index in [1.54, 1.807) is 0 Å². The molecule has 2 fully saturated rings. The lowest BCUT2D eigenvalue weighted by atomic mass is 9.97. The van der Waals surface area contributed by atoms with Crippen LogP contribution in [0.3, 0.4) is 0 Å². The maximum Gasteiger partial charge on any atom is 0.184 e. The normalized spacial score (nSPS) is 28.5. The topological polar surface area (TPSA) is 85.7 Å². The van der Waals surface area contributed by atoms with E-state index in [1.807, 2.05) is 91.0 Å². The summed E-state index contributed by atoms with van der Waals surface area (Å²) in [6.45, 7) is 0.722. The Morgan fingerprint density at radius 2 is 1.59 bits per heavy atom. The molecular weight excluding hydrogens is 450 g/mol. The Hall–Kier alpha value is -2.84. The molecular formula is C26H25N3O4S. The van der Waals surface area contributed by atoms with Crippen molar-refractivity contribution in [2.45, 2.75) is 47.6 Å². The van der Waals surface area contributed by atoms with Crippen LogP contribution in [-0.4, -0.2) is 36.4 Å². The van der Waals surface area contributed by atoms with E-state index in [1.165, 1.54) is 11.8 Å². The van der Waals surface area contributed by atoms with Gasteiger partial charge in [0.15, 0.2) is 6.29 Å². The molecule has 0 radical (unpaired) electrons.